The minimum Gasteiger partial charge on any atom is -0.301 e. The molecule has 1 heterocycles. The van der Waals surface area contributed by atoms with E-state index in [1.54, 1.807) is 0 Å². The zero-order valence-electron chi connectivity index (χ0n) is 9.72. The Labute approximate surface area is 104 Å². The van der Waals surface area contributed by atoms with Crippen molar-refractivity contribution < 1.29 is 13.2 Å². The lowest BCUT2D eigenvalue weighted by Crippen LogP contribution is -2.27. The second kappa shape index (κ2) is 5.52. The largest absolute Gasteiger partial charge is 0.301 e. The molecule has 0 bridgehead atoms. The molecule has 0 aromatic carbocycles. The zero-order chi connectivity index (χ0) is 13.1. The number of aromatic nitrogens is 2. The van der Waals surface area contributed by atoms with Gasteiger partial charge in [-0.1, -0.05) is 25.2 Å². The summed E-state index contributed by atoms with van der Waals surface area (Å²) in [6, 6.07) is 0. The third-order valence-corrected chi connectivity index (χ3v) is 4.23. The van der Waals surface area contributed by atoms with E-state index < -0.39 is 10.0 Å². The number of amides is 1. The van der Waals surface area contributed by atoms with Gasteiger partial charge in [0.15, 0.2) is 0 Å². The molecule has 0 unspecified atom stereocenters. The van der Waals surface area contributed by atoms with E-state index >= 15 is 0 Å². The second-order valence-electron chi connectivity index (χ2n) is 3.80. The molecule has 7 nitrogen and oxygen atoms in total. The third-order valence-electron chi connectivity index (χ3n) is 1.60. The fourth-order valence-electron chi connectivity index (χ4n) is 0.858. The predicted molar refractivity (Wildman–Crippen MR) is 64.2 cm³/mol. The highest BCUT2D eigenvalue weighted by molar-refractivity contribution is 7.91. The van der Waals surface area contributed by atoms with Crippen LogP contribution in [0.5, 0.6) is 0 Å². The molecule has 0 aliphatic heterocycles. The van der Waals surface area contributed by atoms with E-state index in [2.05, 4.69) is 20.2 Å². The molecule has 17 heavy (non-hydrogen) atoms. The van der Waals surface area contributed by atoms with Gasteiger partial charge in [0.25, 0.3) is 10.0 Å². The number of nitrogens with one attached hydrogen (secondary N) is 2. The molecule has 0 atom stereocenters. The zero-order valence-corrected chi connectivity index (χ0v) is 11.4. The van der Waals surface area contributed by atoms with Crippen LogP contribution in [0.1, 0.15) is 20.8 Å². The lowest BCUT2D eigenvalue weighted by Gasteiger charge is -2.05. The average molecular weight is 278 g/mol. The number of rotatable bonds is 5. The second-order valence-corrected chi connectivity index (χ2v) is 6.72. The van der Waals surface area contributed by atoms with Crippen molar-refractivity contribution in [2.24, 2.45) is 5.92 Å². The number of hydrogen-bond acceptors (Lipinski definition) is 6. The Morgan fingerprint density at radius 3 is 2.59 bits per heavy atom. The maximum absolute atomic E-state index is 11.7. The summed E-state index contributed by atoms with van der Waals surface area (Å²) < 4.78 is 25.7. The van der Waals surface area contributed by atoms with Crippen molar-refractivity contribution in [1.82, 2.24) is 14.9 Å². The van der Waals surface area contributed by atoms with Crippen LogP contribution in [0.2, 0.25) is 0 Å². The predicted octanol–water partition coefficient (Wildman–Crippen LogP) is 0.431. The van der Waals surface area contributed by atoms with Crippen molar-refractivity contribution in [2.75, 3.05) is 11.9 Å². The Balaban J connectivity index is 2.78. The topological polar surface area (TPSA) is 101 Å². The minimum atomic E-state index is -3.63. The molecular formula is C8H14N4O3S2. The van der Waals surface area contributed by atoms with Gasteiger partial charge in [0.2, 0.25) is 15.4 Å². The van der Waals surface area contributed by atoms with Crippen LogP contribution in [0.25, 0.3) is 0 Å². The molecule has 0 saturated carbocycles. The number of carbonyl (C=O) groups is 1. The van der Waals surface area contributed by atoms with Crippen molar-refractivity contribution in [3.8, 4) is 0 Å². The Bertz CT molecular complexity index is 495. The summed E-state index contributed by atoms with van der Waals surface area (Å²) >= 11 is 0.815. The summed E-state index contributed by atoms with van der Waals surface area (Å²) in [6.45, 7) is 5.43. The van der Waals surface area contributed by atoms with E-state index in [0.717, 1.165) is 11.3 Å². The highest BCUT2D eigenvalue weighted by Crippen LogP contribution is 2.19. The van der Waals surface area contributed by atoms with Crippen LogP contribution < -0.4 is 10.0 Å². The lowest BCUT2D eigenvalue weighted by atomic mass is 10.2. The van der Waals surface area contributed by atoms with Crippen LogP contribution >= 0.6 is 11.3 Å². The van der Waals surface area contributed by atoms with E-state index in [4.69, 9.17) is 0 Å². The third kappa shape index (κ3) is 4.36. The Hall–Kier alpha value is -1.06. The number of nitrogens with zero attached hydrogens (tertiary/aromatic N) is 2. The number of sulfonamides is 1. The summed E-state index contributed by atoms with van der Waals surface area (Å²) in [5.41, 5.74) is 0. The summed E-state index contributed by atoms with van der Waals surface area (Å²) in [5.74, 6) is -0.118. The summed E-state index contributed by atoms with van der Waals surface area (Å²) in [7, 11) is -3.63. The fourth-order valence-corrected chi connectivity index (χ4v) is 3.06. The van der Waals surface area contributed by atoms with E-state index in [1.165, 1.54) is 6.92 Å². The van der Waals surface area contributed by atoms with Crippen LogP contribution in [0.4, 0.5) is 5.13 Å². The fraction of sp³-hybridized carbons (Fsp3) is 0.625. The van der Waals surface area contributed by atoms with Gasteiger partial charge in [-0.2, -0.15) is 0 Å². The molecule has 1 aromatic heterocycles. The molecular weight excluding hydrogens is 264 g/mol. The van der Waals surface area contributed by atoms with Crippen LogP contribution in [0, 0.1) is 5.92 Å². The van der Waals surface area contributed by atoms with E-state index in [9.17, 15) is 13.2 Å². The maximum Gasteiger partial charge on any atom is 0.269 e. The van der Waals surface area contributed by atoms with Gasteiger partial charge in [-0.3, -0.25) is 4.79 Å². The summed E-state index contributed by atoms with van der Waals surface area (Å²) in [4.78, 5) is 10.7. The lowest BCUT2D eigenvalue weighted by molar-refractivity contribution is -0.114. The van der Waals surface area contributed by atoms with Gasteiger partial charge in [-0.15, -0.1) is 10.2 Å². The first-order chi connectivity index (χ1) is 7.81. The minimum absolute atomic E-state index is 0.151. The maximum atomic E-state index is 11.7. The summed E-state index contributed by atoms with van der Waals surface area (Å²) in [5, 5.41) is 9.63. The van der Waals surface area contributed by atoms with Crippen LogP contribution in [-0.4, -0.2) is 31.1 Å². The molecule has 0 aliphatic rings. The van der Waals surface area contributed by atoms with Gasteiger partial charge in [0.1, 0.15) is 0 Å². The van der Waals surface area contributed by atoms with Gasteiger partial charge in [0.05, 0.1) is 0 Å². The number of hydrogen-bond donors (Lipinski definition) is 2. The molecule has 96 valence electrons. The van der Waals surface area contributed by atoms with E-state index in [1.807, 2.05) is 13.8 Å². The standard InChI is InChI=1S/C8H14N4O3S2/c1-5(2)4-9-17(14,15)8-12-11-7(16-8)10-6(3)13/h5,9H,4H2,1-3H3,(H,10,11,13). The number of anilines is 1. The molecule has 1 rings (SSSR count). The van der Waals surface area contributed by atoms with E-state index in [0.29, 0.717) is 6.54 Å². The molecule has 1 aromatic rings. The van der Waals surface area contributed by atoms with Crippen molar-refractivity contribution in [3.05, 3.63) is 0 Å². The first kappa shape index (κ1) is 14.0. The van der Waals surface area contributed by atoms with Gasteiger partial charge < -0.3 is 5.32 Å². The molecule has 0 saturated heterocycles. The normalized spacial score (nSPS) is 11.8. The van der Waals surface area contributed by atoms with E-state index in [-0.39, 0.29) is 21.3 Å². The monoisotopic (exact) mass is 278 g/mol. The Kier molecular flexibility index (Phi) is 4.54. The average Bonchev–Trinajstić information content (AvgIpc) is 2.63. The highest BCUT2D eigenvalue weighted by atomic mass is 32.2. The molecule has 0 fully saturated rings. The first-order valence-electron chi connectivity index (χ1n) is 4.92. The van der Waals surface area contributed by atoms with Gasteiger partial charge >= 0.3 is 0 Å². The quantitative estimate of drug-likeness (QED) is 0.761. The molecule has 2 N–H and O–H groups in total. The molecule has 0 aliphatic carbocycles. The van der Waals surface area contributed by atoms with Crippen LogP contribution in [-0.2, 0) is 14.8 Å². The van der Waals surface area contributed by atoms with Crippen LogP contribution in [0.15, 0.2) is 4.34 Å². The van der Waals surface area contributed by atoms with Crippen LogP contribution in [0.3, 0.4) is 0 Å². The SMILES string of the molecule is CC(=O)Nc1nnc(S(=O)(=O)NCC(C)C)s1. The van der Waals surface area contributed by atoms with Crippen molar-refractivity contribution in [3.63, 3.8) is 0 Å². The smallest absolute Gasteiger partial charge is 0.269 e. The van der Waals surface area contributed by atoms with Gasteiger partial charge in [-0.25, -0.2) is 13.1 Å². The molecule has 0 radical (unpaired) electrons. The number of carbonyl (C=O) groups excluding carboxylic acids is 1. The Morgan fingerprint density at radius 1 is 1.41 bits per heavy atom. The van der Waals surface area contributed by atoms with Gasteiger partial charge in [0, 0.05) is 13.5 Å². The first-order valence-corrected chi connectivity index (χ1v) is 7.22. The van der Waals surface area contributed by atoms with Gasteiger partial charge in [-0.05, 0) is 5.92 Å². The van der Waals surface area contributed by atoms with Crippen molar-refractivity contribution in [2.45, 2.75) is 25.1 Å². The van der Waals surface area contributed by atoms with Crippen molar-refractivity contribution in [1.29, 1.82) is 0 Å². The summed E-state index contributed by atoms with van der Waals surface area (Å²) in [6.07, 6.45) is 0. The molecule has 1 amide bonds. The highest BCUT2D eigenvalue weighted by Gasteiger charge is 2.20. The molecule has 0 spiro atoms. The molecule has 9 heteroatoms. The Morgan fingerprint density at radius 2 is 2.06 bits per heavy atom. The van der Waals surface area contributed by atoms with Crippen molar-refractivity contribution >= 4 is 32.4 Å².